The number of hydrogen-bond donors (Lipinski definition) is 3. The van der Waals surface area contributed by atoms with E-state index in [1.807, 2.05) is 55.4 Å². The molecule has 5 rings (SSSR count). The Hall–Kier alpha value is -4.11. The van der Waals surface area contributed by atoms with E-state index < -0.39 is 0 Å². The Bertz CT molecular complexity index is 1400. The quantitative estimate of drug-likeness (QED) is 0.293. The summed E-state index contributed by atoms with van der Waals surface area (Å²) in [5.41, 5.74) is 10.4. The number of amides is 2. The third-order valence-corrected chi connectivity index (χ3v) is 7.30. The minimum Gasteiger partial charge on any atom is -0.489 e. The Kier molecular flexibility index (Phi) is 8.27. The lowest BCUT2D eigenvalue weighted by Crippen LogP contribution is -2.45. The number of nitrogens with two attached hydrogens (primary N) is 1. The highest BCUT2D eigenvalue weighted by atomic mass is 16.5. The first-order valence-corrected chi connectivity index (χ1v) is 13.5. The molecule has 0 bridgehead atoms. The van der Waals surface area contributed by atoms with Gasteiger partial charge in [0.1, 0.15) is 30.1 Å². The highest BCUT2D eigenvalue weighted by molar-refractivity contribution is 6.00. The minimum absolute atomic E-state index is 0.0936. The predicted octanol–water partition coefficient (Wildman–Crippen LogP) is 4.60. The summed E-state index contributed by atoms with van der Waals surface area (Å²) < 4.78 is 8.33. The monoisotopic (exact) mass is 527 g/mol. The van der Waals surface area contributed by atoms with Crippen molar-refractivity contribution in [3.8, 4) is 16.9 Å². The van der Waals surface area contributed by atoms with Gasteiger partial charge in [0.25, 0.3) is 0 Å². The summed E-state index contributed by atoms with van der Waals surface area (Å²) in [6.07, 6.45) is 7.38. The van der Waals surface area contributed by atoms with Gasteiger partial charge in [-0.3, -0.25) is 0 Å². The summed E-state index contributed by atoms with van der Waals surface area (Å²) in [6, 6.07) is 18.5. The van der Waals surface area contributed by atoms with Crippen molar-refractivity contribution in [2.45, 2.75) is 44.4 Å². The van der Waals surface area contributed by atoms with E-state index in [4.69, 9.17) is 10.5 Å². The smallest absolute Gasteiger partial charge is 0.315 e. The molecule has 2 aromatic carbocycles. The lowest BCUT2D eigenvalue weighted by Gasteiger charge is -2.30. The lowest BCUT2D eigenvalue weighted by molar-refractivity contribution is 0.226. The van der Waals surface area contributed by atoms with E-state index >= 15 is 0 Å². The number of anilines is 1. The molecule has 9 heteroatoms. The number of hydrogen-bond acceptors (Lipinski definition) is 6. The summed E-state index contributed by atoms with van der Waals surface area (Å²) in [5, 5.41) is 6.93. The van der Waals surface area contributed by atoms with Crippen LogP contribution in [0.25, 0.3) is 22.2 Å². The average molecular weight is 528 g/mol. The fourth-order valence-corrected chi connectivity index (χ4v) is 5.23. The number of rotatable bonds is 9. The molecule has 4 N–H and O–H groups in total. The molecule has 9 nitrogen and oxygen atoms in total. The van der Waals surface area contributed by atoms with Crippen LogP contribution in [0, 0.1) is 0 Å². The molecule has 2 amide bonds. The molecule has 1 aliphatic carbocycles. The molecule has 0 spiro atoms. The number of benzene rings is 2. The Balaban J connectivity index is 1.30. The van der Waals surface area contributed by atoms with Crippen molar-refractivity contribution in [3.63, 3.8) is 0 Å². The molecule has 2 aromatic heterocycles. The maximum atomic E-state index is 12.3. The summed E-state index contributed by atoms with van der Waals surface area (Å²) in [5.74, 6) is 1.26. The van der Waals surface area contributed by atoms with Gasteiger partial charge >= 0.3 is 6.03 Å². The predicted molar refractivity (Wildman–Crippen MR) is 155 cm³/mol. The van der Waals surface area contributed by atoms with Crippen LogP contribution in [0.1, 0.15) is 37.3 Å². The highest BCUT2D eigenvalue weighted by Crippen LogP contribution is 2.38. The minimum atomic E-state index is -0.0936. The summed E-state index contributed by atoms with van der Waals surface area (Å²) >= 11 is 0. The highest BCUT2D eigenvalue weighted by Gasteiger charge is 2.26. The fourth-order valence-electron chi connectivity index (χ4n) is 5.23. The Morgan fingerprint density at radius 1 is 1.08 bits per heavy atom. The van der Waals surface area contributed by atoms with Gasteiger partial charge in [0.15, 0.2) is 0 Å². The molecule has 4 aromatic rings. The van der Waals surface area contributed by atoms with Gasteiger partial charge in [-0.05, 0) is 63.0 Å². The molecule has 0 unspecified atom stereocenters. The first-order chi connectivity index (χ1) is 19.0. The standard InChI is InChI=1S/C30H37N7O2/c1-36(2)16-15-32-30(38)35-23-11-13-24(14-12-23)37-18-26(27-28(31)33-20-34-29(27)37)22-9-6-10-25(17-22)39-19-21-7-4-3-5-8-21/h3-10,17-18,20,23-24H,11-16,19H2,1-2H3,(H2,31,33,34)(H2,32,35,38)/t23-,24+. The maximum absolute atomic E-state index is 12.3. The first-order valence-electron chi connectivity index (χ1n) is 13.5. The number of aromatic nitrogens is 3. The second kappa shape index (κ2) is 12.2. The van der Waals surface area contributed by atoms with Gasteiger partial charge in [-0.25, -0.2) is 14.8 Å². The molecule has 0 atom stereocenters. The van der Waals surface area contributed by atoms with E-state index in [0.29, 0.717) is 19.0 Å². The molecular formula is C30H37N7O2. The lowest BCUT2D eigenvalue weighted by atomic mass is 9.91. The van der Waals surface area contributed by atoms with Crippen molar-refractivity contribution in [1.29, 1.82) is 0 Å². The van der Waals surface area contributed by atoms with E-state index in [2.05, 4.69) is 49.6 Å². The van der Waals surface area contributed by atoms with Crippen LogP contribution in [0.15, 0.2) is 67.1 Å². The van der Waals surface area contributed by atoms with Crippen LogP contribution in [0.4, 0.5) is 10.6 Å². The number of nitrogen functional groups attached to an aromatic ring is 1. The van der Waals surface area contributed by atoms with Crippen molar-refractivity contribution >= 4 is 22.9 Å². The fraction of sp³-hybridized carbons (Fsp3) is 0.367. The molecule has 2 heterocycles. The Morgan fingerprint density at radius 2 is 1.87 bits per heavy atom. The third kappa shape index (κ3) is 6.49. The number of nitrogens with one attached hydrogen (secondary N) is 2. The number of carbonyl (C=O) groups excluding carboxylic acids is 1. The molecular weight excluding hydrogens is 490 g/mol. The van der Waals surface area contributed by atoms with Crippen LogP contribution in [-0.4, -0.2) is 58.7 Å². The zero-order chi connectivity index (χ0) is 27.2. The largest absolute Gasteiger partial charge is 0.489 e. The molecule has 1 aliphatic rings. The van der Waals surface area contributed by atoms with Crippen LogP contribution in [0.2, 0.25) is 0 Å². The van der Waals surface area contributed by atoms with Crippen molar-refractivity contribution < 1.29 is 9.53 Å². The van der Waals surface area contributed by atoms with Crippen LogP contribution in [0.5, 0.6) is 5.75 Å². The molecule has 1 fully saturated rings. The van der Waals surface area contributed by atoms with E-state index in [0.717, 1.165) is 65.7 Å². The molecule has 0 aliphatic heterocycles. The zero-order valence-electron chi connectivity index (χ0n) is 22.6. The van der Waals surface area contributed by atoms with Crippen molar-refractivity contribution in [3.05, 3.63) is 72.7 Å². The van der Waals surface area contributed by atoms with E-state index in [-0.39, 0.29) is 18.1 Å². The zero-order valence-corrected chi connectivity index (χ0v) is 22.6. The number of nitrogens with zero attached hydrogens (tertiary/aromatic N) is 4. The number of carbonyl (C=O) groups is 1. The SMILES string of the molecule is CN(C)CCNC(=O)N[C@H]1CC[C@@H](n2cc(-c3cccc(OCc4ccccc4)c3)c3c(N)ncnc32)CC1. The first kappa shape index (κ1) is 26.5. The Labute approximate surface area is 229 Å². The summed E-state index contributed by atoms with van der Waals surface area (Å²) in [6.45, 7) is 1.95. The number of urea groups is 1. The Morgan fingerprint density at radius 3 is 2.64 bits per heavy atom. The normalized spacial score (nSPS) is 17.3. The number of likely N-dealkylation sites (N-methyl/N-ethyl adjacent to an activating group) is 1. The van der Waals surface area contributed by atoms with Gasteiger partial charge in [0, 0.05) is 36.9 Å². The summed E-state index contributed by atoms with van der Waals surface area (Å²) in [4.78, 5) is 23.3. The molecule has 204 valence electrons. The number of fused-ring (bicyclic) bond motifs is 1. The molecule has 1 saturated carbocycles. The second-order valence-corrected chi connectivity index (χ2v) is 10.4. The third-order valence-electron chi connectivity index (χ3n) is 7.30. The van der Waals surface area contributed by atoms with Gasteiger partial charge in [-0.1, -0.05) is 42.5 Å². The van der Waals surface area contributed by atoms with Crippen LogP contribution in [-0.2, 0) is 6.61 Å². The van der Waals surface area contributed by atoms with Crippen molar-refractivity contribution in [2.75, 3.05) is 32.9 Å². The topological polar surface area (TPSA) is 110 Å². The van der Waals surface area contributed by atoms with E-state index in [9.17, 15) is 4.79 Å². The van der Waals surface area contributed by atoms with E-state index in [1.54, 1.807) is 0 Å². The molecule has 0 saturated heterocycles. The van der Waals surface area contributed by atoms with Crippen LogP contribution >= 0.6 is 0 Å². The van der Waals surface area contributed by atoms with Crippen LogP contribution in [0.3, 0.4) is 0 Å². The van der Waals surface area contributed by atoms with Crippen molar-refractivity contribution in [1.82, 2.24) is 30.1 Å². The van der Waals surface area contributed by atoms with Gasteiger partial charge in [0.05, 0.1) is 5.39 Å². The number of ether oxygens (including phenoxy) is 1. The van der Waals surface area contributed by atoms with Crippen LogP contribution < -0.4 is 21.1 Å². The average Bonchev–Trinajstić information content (AvgIpc) is 3.34. The van der Waals surface area contributed by atoms with Gasteiger partial charge in [0.2, 0.25) is 0 Å². The van der Waals surface area contributed by atoms with Gasteiger partial charge in [-0.2, -0.15) is 0 Å². The molecule has 39 heavy (non-hydrogen) atoms. The summed E-state index contributed by atoms with van der Waals surface area (Å²) in [7, 11) is 3.98. The second-order valence-electron chi connectivity index (χ2n) is 10.4. The van der Waals surface area contributed by atoms with Gasteiger partial charge < -0.3 is 30.6 Å². The van der Waals surface area contributed by atoms with Gasteiger partial charge in [-0.15, -0.1) is 0 Å². The molecule has 0 radical (unpaired) electrons. The maximum Gasteiger partial charge on any atom is 0.315 e. The van der Waals surface area contributed by atoms with Crippen molar-refractivity contribution in [2.24, 2.45) is 0 Å². The van der Waals surface area contributed by atoms with E-state index in [1.165, 1.54) is 6.33 Å².